The number of alkyl halides is 3. The number of hydrogen-bond donors (Lipinski definition) is 1. The SMILES string of the molecule is C=CCCCCCNc1ccc(C(F)(F)F)cc1C#N. The van der Waals surface area contributed by atoms with Gasteiger partial charge in [0.1, 0.15) is 6.07 Å². The van der Waals surface area contributed by atoms with Crippen LogP contribution >= 0.6 is 0 Å². The first-order valence-electron chi connectivity index (χ1n) is 6.45. The van der Waals surface area contributed by atoms with Crippen LogP contribution in [-0.4, -0.2) is 6.54 Å². The van der Waals surface area contributed by atoms with E-state index in [1.165, 1.54) is 6.07 Å². The summed E-state index contributed by atoms with van der Waals surface area (Å²) in [6.45, 7) is 4.27. The fourth-order valence-electron chi connectivity index (χ4n) is 1.78. The summed E-state index contributed by atoms with van der Waals surface area (Å²) >= 11 is 0. The highest BCUT2D eigenvalue weighted by atomic mass is 19.4. The molecule has 0 amide bonds. The van der Waals surface area contributed by atoms with E-state index in [1.54, 1.807) is 6.07 Å². The topological polar surface area (TPSA) is 35.8 Å². The molecule has 0 aliphatic carbocycles. The maximum atomic E-state index is 12.5. The molecule has 0 saturated carbocycles. The maximum absolute atomic E-state index is 12.5. The van der Waals surface area contributed by atoms with Gasteiger partial charge in [0.25, 0.3) is 0 Å². The Balaban J connectivity index is 2.58. The summed E-state index contributed by atoms with van der Waals surface area (Å²) in [6.07, 6.45) is 1.36. The average molecular weight is 282 g/mol. The van der Waals surface area contributed by atoms with Crippen molar-refractivity contribution in [3.63, 3.8) is 0 Å². The predicted octanol–water partition coefficient (Wildman–Crippen LogP) is 4.74. The van der Waals surface area contributed by atoms with E-state index in [9.17, 15) is 13.2 Å². The highest BCUT2D eigenvalue weighted by Crippen LogP contribution is 2.31. The zero-order valence-corrected chi connectivity index (χ0v) is 11.1. The number of halogens is 3. The zero-order chi connectivity index (χ0) is 15.0. The summed E-state index contributed by atoms with van der Waals surface area (Å²) in [5.74, 6) is 0. The second-order valence-corrected chi connectivity index (χ2v) is 4.43. The molecule has 2 nitrogen and oxygen atoms in total. The fourth-order valence-corrected chi connectivity index (χ4v) is 1.78. The average Bonchev–Trinajstić information content (AvgIpc) is 2.41. The van der Waals surface area contributed by atoms with Crippen LogP contribution in [0.15, 0.2) is 30.9 Å². The van der Waals surface area contributed by atoms with Gasteiger partial charge >= 0.3 is 6.18 Å². The molecular weight excluding hydrogens is 265 g/mol. The van der Waals surface area contributed by atoms with Crippen LogP contribution in [0.25, 0.3) is 0 Å². The van der Waals surface area contributed by atoms with Crippen molar-refractivity contribution >= 4 is 5.69 Å². The quantitative estimate of drug-likeness (QED) is 0.579. The largest absolute Gasteiger partial charge is 0.416 e. The minimum absolute atomic E-state index is 0.0194. The van der Waals surface area contributed by atoms with Gasteiger partial charge in [0.2, 0.25) is 0 Å². The van der Waals surface area contributed by atoms with Crippen molar-refractivity contribution in [3.05, 3.63) is 42.0 Å². The summed E-state index contributed by atoms with van der Waals surface area (Å²) in [5, 5.41) is 11.9. The number of anilines is 1. The van der Waals surface area contributed by atoms with Crippen LogP contribution in [0.2, 0.25) is 0 Å². The number of hydrogen-bond acceptors (Lipinski definition) is 2. The number of allylic oxidation sites excluding steroid dienone is 1. The standard InChI is InChI=1S/C15H17F3N2/c1-2-3-4-5-6-9-20-14-8-7-13(15(16,17)18)10-12(14)11-19/h2,7-8,10,20H,1,3-6,9H2. The van der Waals surface area contributed by atoms with Crippen LogP contribution in [0.5, 0.6) is 0 Å². The second-order valence-electron chi connectivity index (χ2n) is 4.43. The molecule has 20 heavy (non-hydrogen) atoms. The predicted molar refractivity (Wildman–Crippen MR) is 73.3 cm³/mol. The first kappa shape index (κ1) is 16.1. The number of unbranched alkanes of at least 4 members (excludes halogenated alkanes) is 3. The van der Waals surface area contributed by atoms with Crippen LogP contribution < -0.4 is 5.32 Å². The van der Waals surface area contributed by atoms with E-state index in [2.05, 4.69) is 11.9 Å². The van der Waals surface area contributed by atoms with Crippen molar-refractivity contribution in [3.8, 4) is 6.07 Å². The van der Waals surface area contributed by atoms with Gasteiger partial charge in [-0.3, -0.25) is 0 Å². The summed E-state index contributed by atoms with van der Waals surface area (Å²) < 4.78 is 37.6. The second kappa shape index (κ2) is 7.59. The van der Waals surface area contributed by atoms with E-state index in [4.69, 9.17) is 5.26 Å². The van der Waals surface area contributed by atoms with Gasteiger partial charge in [-0.05, 0) is 37.5 Å². The van der Waals surface area contributed by atoms with E-state index in [1.807, 2.05) is 6.08 Å². The Morgan fingerprint density at radius 1 is 1.25 bits per heavy atom. The highest BCUT2D eigenvalue weighted by molar-refractivity contribution is 5.58. The Morgan fingerprint density at radius 2 is 2.00 bits per heavy atom. The zero-order valence-electron chi connectivity index (χ0n) is 11.1. The van der Waals surface area contributed by atoms with E-state index < -0.39 is 11.7 Å². The van der Waals surface area contributed by atoms with Crippen molar-refractivity contribution in [1.82, 2.24) is 0 Å². The molecule has 0 aliphatic heterocycles. The number of nitriles is 1. The molecule has 0 spiro atoms. The summed E-state index contributed by atoms with van der Waals surface area (Å²) in [7, 11) is 0. The first-order valence-corrected chi connectivity index (χ1v) is 6.45. The molecule has 0 unspecified atom stereocenters. The van der Waals surface area contributed by atoms with E-state index in [0.29, 0.717) is 12.2 Å². The minimum Gasteiger partial charge on any atom is -0.384 e. The molecular formula is C15H17F3N2. The molecule has 0 saturated heterocycles. The number of benzene rings is 1. The molecule has 0 heterocycles. The minimum atomic E-state index is -4.42. The van der Waals surface area contributed by atoms with Gasteiger partial charge in [-0.2, -0.15) is 18.4 Å². The molecule has 0 radical (unpaired) electrons. The molecule has 1 aromatic rings. The molecule has 1 aromatic carbocycles. The van der Waals surface area contributed by atoms with Crippen LogP contribution in [0.3, 0.4) is 0 Å². The maximum Gasteiger partial charge on any atom is 0.416 e. The lowest BCUT2D eigenvalue weighted by Gasteiger charge is -2.11. The molecule has 0 atom stereocenters. The van der Waals surface area contributed by atoms with Crippen molar-refractivity contribution in [1.29, 1.82) is 5.26 Å². The summed E-state index contributed by atoms with van der Waals surface area (Å²) in [6, 6.07) is 4.97. The molecule has 0 fully saturated rings. The number of rotatable bonds is 7. The Bertz CT molecular complexity index is 487. The molecule has 5 heteroatoms. The Labute approximate surface area is 116 Å². The van der Waals surface area contributed by atoms with E-state index in [-0.39, 0.29) is 5.56 Å². The molecule has 1 rings (SSSR count). The third kappa shape index (κ3) is 4.96. The molecule has 0 bridgehead atoms. The third-order valence-corrected chi connectivity index (χ3v) is 2.87. The fraction of sp³-hybridized carbons (Fsp3) is 0.400. The van der Waals surface area contributed by atoms with Crippen molar-refractivity contribution in [2.75, 3.05) is 11.9 Å². The summed E-state index contributed by atoms with van der Waals surface area (Å²) in [5.41, 5.74) is -0.333. The Kier molecular flexibility index (Phi) is 6.10. The normalized spacial score (nSPS) is 10.9. The van der Waals surface area contributed by atoms with Gasteiger partial charge in [0, 0.05) is 6.54 Å². The van der Waals surface area contributed by atoms with Crippen molar-refractivity contribution in [2.45, 2.75) is 31.9 Å². The van der Waals surface area contributed by atoms with E-state index >= 15 is 0 Å². The van der Waals surface area contributed by atoms with Crippen LogP contribution in [0, 0.1) is 11.3 Å². The number of nitrogens with one attached hydrogen (secondary N) is 1. The Hall–Kier alpha value is -1.96. The van der Waals surface area contributed by atoms with Gasteiger partial charge in [-0.1, -0.05) is 12.5 Å². The lowest BCUT2D eigenvalue weighted by molar-refractivity contribution is -0.137. The summed E-state index contributed by atoms with van der Waals surface area (Å²) in [4.78, 5) is 0. The van der Waals surface area contributed by atoms with Crippen LogP contribution in [0.1, 0.15) is 36.8 Å². The van der Waals surface area contributed by atoms with Gasteiger partial charge in [-0.25, -0.2) is 0 Å². The van der Waals surface area contributed by atoms with Crippen molar-refractivity contribution < 1.29 is 13.2 Å². The number of nitrogens with zero attached hydrogens (tertiary/aromatic N) is 1. The molecule has 0 aliphatic rings. The molecule has 108 valence electrons. The third-order valence-electron chi connectivity index (χ3n) is 2.87. The lowest BCUT2D eigenvalue weighted by atomic mass is 10.1. The van der Waals surface area contributed by atoms with Gasteiger partial charge in [0.15, 0.2) is 0 Å². The smallest absolute Gasteiger partial charge is 0.384 e. The molecule has 1 N–H and O–H groups in total. The first-order chi connectivity index (χ1) is 9.49. The highest BCUT2D eigenvalue weighted by Gasteiger charge is 2.30. The van der Waals surface area contributed by atoms with Gasteiger partial charge < -0.3 is 5.32 Å². The van der Waals surface area contributed by atoms with Gasteiger partial charge in [-0.15, -0.1) is 6.58 Å². The van der Waals surface area contributed by atoms with Crippen LogP contribution in [0.4, 0.5) is 18.9 Å². The van der Waals surface area contributed by atoms with Crippen LogP contribution in [-0.2, 0) is 6.18 Å². The van der Waals surface area contributed by atoms with Gasteiger partial charge in [0.05, 0.1) is 16.8 Å². The van der Waals surface area contributed by atoms with E-state index in [0.717, 1.165) is 37.8 Å². The lowest BCUT2D eigenvalue weighted by Crippen LogP contribution is -2.08. The van der Waals surface area contributed by atoms with Crippen molar-refractivity contribution in [2.24, 2.45) is 0 Å². The monoisotopic (exact) mass is 282 g/mol. The molecule has 0 aromatic heterocycles. The Morgan fingerprint density at radius 3 is 2.60 bits per heavy atom.